The van der Waals surface area contributed by atoms with Gasteiger partial charge in [0.25, 0.3) is 0 Å². The molecule has 80 valence electrons. The quantitative estimate of drug-likeness (QED) is 0.447. The van der Waals surface area contributed by atoms with E-state index in [2.05, 4.69) is 11.3 Å². The van der Waals surface area contributed by atoms with Gasteiger partial charge in [0.15, 0.2) is 0 Å². The monoisotopic (exact) mass is 226 g/mol. The molecule has 0 N–H and O–H groups in total. The van der Waals surface area contributed by atoms with Gasteiger partial charge in [0.1, 0.15) is 4.88 Å². The molecule has 0 bridgehead atoms. The lowest BCUT2D eigenvalue weighted by molar-refractivity contribution is -0.147. The molecule has 5 heteroatoms. The summed E-state index contributed by atoms with van der Waals surface area (Å²) >= 11 is 1.26. The normalized spacial score (nSPS) is 9.40. The summed E-state index contributed by atoms with van der Waals surface area (Å²) in [5.41, 5.74) is 0.266. The van der Waals surface area contributed by atoms with Crippen molar-refractivity contribution in [1.29, 1.82) is 0 Å². The molecule has 1 aromatic rings. The standard InChI is InChI=1S/C10H10O4S/c1-7(2)9(11)13-6-14-10(12)8-4-3-5-15-8/h3-5H,1,6H2,2H3. The second-order valence-corrected chi connectivity index (χ2v) is 3.69. The van der Waals surface area contributed by atoms with E-state index in [1.807, 2.05) is 0 Å². The van der Waals surface area contributed by atoms with E-state index < -0.39 is 11.9 Å². The Morgan fingerprint density at radius 1 is 1.47 bits per heavy atom. The molecular formula is C10H10O4S. The van der Waals surface area contributed by atoms with Gasteiger partial charge in [-0.25, -0.2) is 9.59 Å². The molecule has 4 nitrogen and oxygen atoms in total. The molecular weight excluding hydrogens is 216 g/mol. The topological polar surface area (TPSA) is 52.6 Å². The predicted molar refractivity (Wildman–Crippen MR) is 55.5 cm³/mol. The van der Waals surface area contributed by atoms with Crippen LogP contribution in [-0.2, 0) is 14.3 Å². The number of rotatable bonds is 4. The minimum absolute atomic E-state index is 0.266. The Bertz CT molecular complexity index is 367. The first-order chi connectivity index (χ1) is 7.11. The van der Waals surface area contributed by atoms with Crippen LogP contribution in [0.4, 0.5) is 0 Å². The van der Waals surface area contributed by atoms with Crippen molar-refractivity contribution in [3.8, 4) is 0 Å². The lowest BCUT2D eigenvalue weighted by atomic mass is 10.4. The molecule has 0 aromatic carbocycles. The van der Waals surface area contributed by atoms with Gasteiger partial charge >= 0.3 is 11.9 Å². The van der Waals surface area contributed by atoms with E-state index in [1.54, 1.807) is 17.5 Å². The fourth-order valence-corrected chi connectivity index (χ4v) is 1.34. The number of carbonyl (C=O) groups is 2. The van der Waals surface area contributed by atoms with Gasteiger partial charge in [0.2, 0.25) is 6.79 Å². The van der Waals surface area contributed by atoms with Crippen molar-refractivity contribution < 1.29 is 19.1 Å². The highest BCUT2D eigenvalue weighted by Gasteiger charge is 2.09. The Kier molecular flexibility index (Phi) is 4.05. The average molecular weight is 226 g/mol. The smallest absolute Gasteiger partial charge is 0.351 e. The van der Waals surface area contributed by atoms with Crippen LogP contribution >= 0.6 is 11.3 Å². The van der Waals surface area contributed by atoms with Crippen LogP contribution in [0.3, 0.4) is 0 Å². The van der Waals surface area contributed by atoms with Gasteiger partial charge in [0, 0.05) is 5.57 Å². The Hall–Kier alpha value is -1.62. The molecule has 0 aliphatic carbocycles. The van der Waals surface area contributed by atoms with E-state index in [9.17, 15) is 9.59 Å². The van der Waals surface area contributed by atoms with Gasteiger partial charge in [0.05, 0.1) is 0 Å². The number of carbonyl (C=O) groups excluding carboxylic acids is 2. The third kappa shape index (κ3) is 3.55. The van der Waals surface area contributed by atoms with Crippen molar-refractivity contribution in [3.63, 3.8) is 0 Å². The highest BCUT2D eigenvalue weighted by Crippen LogP contribution is 2.09. The van der Waals surface area contributed by atoms with E-state index in [1.165, 1.54) is 18.3 Å². The SMILES string of the molecule is C=C(C)C(=O)OCOC(=O)c1cccs1. The van der Waals surface area contributed by atoms with Crippen molar-refractivity contribution in [1.82, 2.24) is 0 Å². The maximum absolute atomic E-state index is 11.2. The van der Waals surface area contributed by atoms with Gasteiger partial charge in [-0.15, -0.1) is 11.3 Å². The fourth-order valence-electron chi connectivity index (χ4n) is 0.726. The molecule has 0 radical (unpaired) electrons. The predicted octanol–water partition coefficient (Wildman–Crippen LogP) is 1.98. The highest BCUT2D eigenvalue weighted by atomic mass is 32.1. The molecule has 1 aromatic heterocycles. The first-order valence-electron chi connectivity index (χ1n) is 4.14. The Balaban J connectivity index is 2.30. The van der Waals surface area contributed by atoms with Gasteiger partial charge in [-0.3, -0.25) is 0 Å². The van der Waals surface area contributed by atoms with E-state index in [4.69, 9.17) is 4.74 Å². The molecule has 0 unspecified atom stereocenters. The molecule has 0 fully saturated rings. The zero-order valence-corrected chi connectivity index (χ0v) is 9.00. The summed E-state index contributed by atoms with van der Waals surface area (Å²) in [5, 5.41) is 1.76. The second kappa shape index (κ2) is 5.31. The van der Waals surface area contributed by atoms with Crippen molar-refractivity contribution in [2.24, 2.45) is 0 Å². The van der Waals surface area contributed by atoms with Crippen LogP contribution in [0.2, 0.25) is 0 Å². The molecule has 0 atom stereocenters. The van der Waals surface area contributed by atoms with Crippen molar-refractivity contribution in [3.05, 3.63) is 34.5 Å². The van der Waals surface area contributed by atoms with Crippen LogP contribution in [0.15, 0.2) is 29.7 Å². The number of hydrogen-bond donors (Lipinski definition) is 0. The minimum Gasteiger partial charge on any atom is -0.425 e. The Labute approximate surface area is 91.1 Å². The zero-order chi connectivity index (χ0) is 11.3. The summed E-state index contributed by atoms with van der Waals surface area (Å²) in [4.78, 5) is 22.6. The molecule has 0 aliphatic rings. The molecule has 0 amide bonds. The molecule has 0 aliphatic heterocycles. The average Bonchev–Trinajstić information content (AvgIpc) is 2.70. The maximum atomic E-state index is 11.2. The third-order valence-corrected chi connectivity index (χ3v) is 2.30. The summed E-state index contributed by atoms with van der Waals surface area (Å²) in [6.45, 7) is 4.52. The van der Waals surface area contributed by atoms with Gasteiger partial charge in [-0.05, 0) is 18.4 Å². The molecule has 1 heterocycles. The number of esters is 2. The fraction of sp³-hybridized carbons (Fsp3) is 0.200. The summed E-state index contributed by atoms with van der Waals surface area (Å²) in [7, 11) is 0. The number of thiophene rings is 1. The van der Waals surface area contributed by atoms with Crippen molar-refractivity contribution in [2.45, 2.75) is 6.92 Å². The van der Waals surface area contributed by atoms with Crippen LogP contribution in [0.1, 0.15) is 16.6 Å². The first kappa shape index (κ1) is 11.5. The summed E-state index contributed by atoms with van der Waals surface area (Å²) in [5.74, 6) is -1.08. The lowest BCUT2D eigenvalue weighted by Gasteiger charge is -2.04. The van der Waals surface area contributed by atoms with Crippen molar-refractivity contribution in [2.75, 3.05) is 6.79 Å². The van der Waals surface area contributed by atoms with E-state index in [0.29, 0.717) is 4.88 Å². The second-order valence-electron chi connectivity index (χ2n) is 2.74. The number of hydrogen-bond acceptors (Lipinski definition) is 5. The molecule has 1 rings (SSSR count). The molecule has 0 spiro atoms. The van der Waals surface area contributed by atoms with Gasteiger partial charge in [-0.1, -0.05) is 12.6 Å². The van der Waals surface area contributed by atoms with Crippen LogP contribution in [0, 0.1) is 0 Å². The highest BCUT2D eigenvalue weighted by molar-refractivity contribution is 7.11. The maximum Gasteiger partial charge on any atom is 0.351 e. The van der Waals surface area contributed by atoms with Gasteiger partial charge in [-0.2, -0.15) is 0 Å². The molecule has 0 saturated heterocycles. The summed E-state index contributed by atoms with van der Waals surface area (Å²) in [6, 6.07) is 3.37. The molecule has 0 saturated carbocycles. The third-order valence-electron chi connectivity index (χ3n) is 1.45. The molecule has 15 heavy (non-hydrogen) atoms. The number of ether oxygens (including phenoxy) is 2. The van der Waals surface area contributed by atoms with Gasteiger partial charge < -0.3 is 9.47 Å². The van der Waals surface area contributed by atoms with Crippen LogP contribution in [-0.4, -0.2) is 18.7 Å². The van der Waals surface area contributed by atoms with Crippen molar-refractivity contribution >= 4 is 23.3 Å². The zero-order valence-electron chi connectivity index (χ0n) is 8.19. The largest absolute Gasteiger partial charge is 0.425 e. The summed E-state index contributed by atoms with van der Waals surface area (Å²) < 4.78 is 9.29. The minimum atomic E-state index is -0.575. The Morgan fingerprint density at radius 2 is 2.20 bits per heavy atom. The Morgan fingerprint density at radius 3 is 2.73 bits per heavy atom. The first-order valence-corrected chi connectivity index (χ1v) is 5.02. The van der Waals surface area contributed by atoms with E-state index >= 15 is 0 Å². The van der Waals surface area contributed by atoms with E-state index in [0.717, 1.165) is 0 Å². The lowest BCUT2D eigenvalue weighted by Crippen LogP contribution is -2.12. The van der Waals surface area contributed by atoms with Crippen LogP contribution < -0.4 is 0 Å². The van der Waals surface area contributed by atoms with E-state index in [-0.39, 0.29) is 12.4 Å². The van der Waals surface area contributed by atoms with Crippen LogP contribution in [0.5, 0.6) is 0 Å². The van der Waals surface area contributed by atoms with Crippen LogP contribution in [0.25, 0.3) is 0 Å². The summed E-state index contributed by atoms with van der Waals surface area (Å²) in [6.07, 6.45) is 0.